The SMILES string of the molecule is C=CCn1c(Br)cc2ccccc21. The van der Waals surface area contributed by atoms with E-state index >= 15 is 0 Å². The topological polar surface area (TPSA) is 4.93 Å². The Bertz CT molecular complexity index is 442. The molecular weight excluding hydrogens is 226 g/mol. The predicted octanol–water partition coefficient (Wildman–Crippen LogP) is 3.59. The van der Waals surface area contributed by atoms with Gasteiger partial charge in [0.1, 0.15) is 0 Å². The molecular formula is C11H10BrN. The number of allylic oxidation sites excluding steroid dienone is 1. The summed E-state index contributed by atoms with van der Waals surface area (Å²) in [5, 5.41) is 1.26. The van der Waals surface area contributed by atoms with Crippen LogP contribution >= 0.6 is 15.9 Å². The van der Waals surface area contributed by atoms with Crippen LogP contribution in [0, 0.1) is 0 Å². The van der Waals surface area contributed by atoms with E-state index in [1.54, 1.807) is 0 Å². The molecule has 0 fully saturated rings. The van der Waals surface area contributed by atoms with E-state index in [0.717, 1.165) is 11.1 Å². The summed E-state index contributed by atoms with van der Waals surface area (Å²) in [6.45, 7) is 4.58. The van der Waals surface area contributed by atoms with Crippen LogP contribution in [0.25, 0.3) is 10.9 Å². The van der Waals surface area contributed by atoms with Gasteiger partial charge in [-0.25, -0.2) is 0 Å². The van der Waals surface area contributed by atoms with E-state index in [9.17, 15) is 0 Å². The van der Waals surface area contributed by atoms with E-state index in [4.69, 9.17) is 0 Å². The third-order valence-electron chi connectivity index (χ3n) is 2.07. The molecule has 0 atom stereocenters. The Morgan fingerprint density at radius 1 is 1.38 bits per heavy atom. The first-order chi connectivity index (χ1) is 6.33. The molecule has 2 aromatic rings. The maximum absolute atomic E-state index is 3.74. The van der Waals surface area contributed by atoms with Crippen molar-refractivity contribution in [3.05, 3.63) is 47.6 Å². The Labute approximate surface area is 85.8 Å². The zero-order valence-corrected chi connectivity index (χ0v) is 8.79. The van der Waals surface area contributed by atoms with Crippen molar-refractivity contribution in [2.45, 2.75) is 6.54 Å². The molecule has 0 bridgehead atoms. The summed E-state index contributed by atoms with van der Waals surface area (Å²) in [6.07, 6.45) is 1.90. The first-order valence-electron chi connectivity index (χ1n) is 4.17. The second-order valence-corrected chi connectivity index (χ2v) is 3.74. The van der Waals surface area contributed by atoms with Gasteiger partial charge in [-0.3, -0.25) is 0 Å². The van der Waals surface area contributed by atoms with Crippen molar-refractivity contribution in [1.82, 2.24) is 4.57 Å². The Hall–Kier alpha value is -1.02. The third kappa shape index (κ3) is 1.42. The van der Waals surface area contributed by atoms with Gasteiger partial charge in [0, 0.05) is 17.4 Å². The molecule has 1 nitrogen and oxygen atoms in total. The van der Waals surface area contributed by atoms with Crippen LogP contribution in [-0.2, 0) is 6.54 Å². The van der Waals surface area contributed by atoms with Crippen LogP contribution in [0.15, 0.2) is 47.6 Å². The number of hydrogen-bond donors (Lipinski definition) is 0. The predicted molar refractivity (Wildman–Crippen MR) is 59.8 cm³/mol. The standard InChI is InChI=1S/C11H10BrN/c1-2-7-13-10-6-4-3-5-9(10)8-11(13)12/h2-6,8H,1,7H2. The molecule has 0 amide bonds. The van der Waals surface area contributed by atoms with Crippen molar-refractivity contribution in [3.8, 4) is 0 Å². The maximum atomic E-state index is 3.74. The lowest BCUT2D eigenvalue weighted by molar-refractivity contribution is 0.844. The van der Waals surface area contributed by atoms with Gasteiger partial charge in [0.2, 0.25) is 0 Å². The molecule has 1 aromatic carbocycles. The van der Waals surface area contributed by atoms with E-state index in [1.165, 1.54) is 10.9 Å². The number of aromatic nitrogens is 1. The lowest BCUT2D eigenvalue weighted by Gasteiger charge is -2.02. The zero-order chi connectivity index (χ0) is 9.26. The average molecular weight is 236 g/mol. The van der Waals surface area contributed by atoms with Crippen molar-refractivity contribution in [2.75, 3.05) is 0 Å². The zero-order valence-electron chi connectivity index (χ0n) is 7.20. The van der Waals surface area contributed by atoms with Gasteiger partial charge in [-0.2, -0.15) is 0 Å². The molecule has 1 heterocycles. The molecule has 2 heteroatoms. The number of nitrogens with zero attached hydrogens (tertiary/aromatic N) is 1. The van der Waals surface area contributed by atoms with Gasteiger partial charge in [0.15, 0.2) is 0 Å². The average Bonchev–Trinajstić information content (AvgIpc) is 2.44. The van der Waals surface area contributed by atoms with Gasteiger partial charge in [-0.05, 0) is 28.1 Å². The van der Waals surface area contributed by atoms with Crippen molar-refractivity contribution in [2.24, 2.45) is 0 Å². The number of halogens is 1. The first kappa shape index (κ1) is 8.57. The lowest BCUT2D eigenvalue weighted by Crippen LogP contribution is -1.93. The van der Waals surface area contributed by atoms with E-state index < -0.39 is 0 Å². The highest BCUT2D eigenvalue weighted by Gasteiger charge is 2.03. The Morgan fingerprint density at radius 2 is 2.15 bits per heavy atom. The molecule has 13 heavy (non-hydrogen) atoms. The summed E-state index contributed by atoms with van der Waals surface area (Å²) in [5.41, 5.74) is 1.24. The molecule has 0 aliphatic rings. The molecule has 0 aliphatic heterocycles. The van der Waals surface area contributed by atoms with Gasteiger partial charge in [-0.15, -0.1) is 6.58 Å². The fourth-order valence-electron chi connectivity index (χ4n) is 1.49. The highest BCUT2D eigenvalue weighted by molar-refractivity contribution is 9.10. The molecule has 0 radical (unpaired) electrons. The minimum atomic E-state index is 0.841. The van der Waals surface area contributed by atoms with E-state index in [-0.39, 0.29) is 0 Å². The molecule has 0 saturated heterocycles. The molecule has 1 aromatic heterocycles. The molecule has 0 N–H and O–H groups in total. The van der Waals surface area contributed by atoms with Crippen molar-refractivity contribution < 1.29 is 0 Å². The highest BCUT2D eigenvalue weighted by Crippen LogP contribution is 2.23. The van der Waals surface area contributed by atoms with E-state index in [1.807, 2.05) is 18.2 Å². The maximum Gasteiger partial charge on any atom is 0.0860 e. The van der Waals surface area contributed by atoms with E-state index in [2.05, 4.69) is 45.3 Å². The summed E-state index contributed by atoms with van der Waals surface area (Å²) in [6, 6.07) is 10.4. The van der Waals surface area contributed by atoms with Crippen LogP contribution in [0.3, 0.4) is 0 Å². The summed E-state index contributed by atoms with van der Waals surface area (Å²) < 4.78 is 3.29. The minimum Gasteiger partial charge on any atom is -0.331 e. The Balaban J connectivity index is 2.70. The van der Waals surface area contributed by atoms with Crippen LogP contribution in [0.1, 0.15) is 0 Å². The summed E-state index contributed by atoms with van der Waals surface area (Å²) in [5.74, 6) is 0. The molecule has 0 unspecified atom stereocenters. The number of hydrogen-bond acceptors (Lipinski definition) is 0. The Kier molecular flexibility index (Phi) is 2.23. The van der Waals surface area contributed by atoms with E-state index in [0.29, 0.717) is 0 Å². The van der Waals surface area contributed by atoms with Crippen molar-refractivity contribution in [1.29, 1.82) is 0 Å². The van der Waals surface area contributed by atoms with Crippen LogP contribution in [0.5, 0.6) is 0 Å². The molecule has 0 spiro atoms. The second-order valence-electron chi connectivity index (χ2n) is 2.93. The minimum absolute atomic E-state index is 0.841. The smallest absolute Gasteiger partial charge is 0.0860 e. The van der Waals surface area contributed by atoms with Crippen LogP contribution in [0.2, 0.25) is 0 Å². The molecule has 0 aliphatic carbocycles. The van der Waals surface area contributed by atoms with Crippen molar-refractivity contribution in [3.63, 3.8) is 0 Å². The fourth-order valence-corrected chi connectivity index (χ4v) is 2.07. The second kappa shape index (κ2) is 3.38. The summed E-state index contributed by atoms with van der Waals surface area (Å²) in [4.78, 5) is 0. The largest absolute Gasteiger partial charge is 0.331 e. The van der Waals surface area contributed by atoms with Crippen LogP contribution < -0.4 is 0 Å². The first-order valence-corrected chi connectivity index (χ1v) is 4.97. The number of para-hydroxylation sites is 1. The normalized spacial score (nSPS) is 10.5. The Morgan fingerprint density at radius 3 is 2.92 bits per heavy atom. The highest BCUT2D eigenvalue weighted by atomic mass is 79.9. The van der Waals surface area contributed by atoms with Crippen molar-refractivity contribution >= 4 is 26.8 Å². The van der Waals surface area contributed by atoms with Gasteiger partial charge in [0.25, 0.3) is 0 Å². The summed E-state index contributed by atoms with van der Waals surface area (Å²) in [7, 11) is 0. The lowest BCUT2D eigenvalue weighted by atomic mass is 10.2. The number of benzene rings is 1. The molecule has 66 valence electrons. The molecule has 2 rings (SSSR count). The molecule has 0 saturated carbocycles. The van der Waals surface area contributed by atoms with Gasteiger partial charge < -0.3 is 4.57 Å². The number of fused-ring (bicyclic) bond motifs is 1. The summed E-state index contributed by atoms with van der Waals surface area (Å²) >= 11 is 3.53. The van der Waals surface area contributed by atoms with Gasteiger partial charge >= 0.3 is 0 Å². The number of rotatable bonds is 2. The third-order valence-corrected chi connectivity index (χ3v) is 2.73. The van der Waals surface area contributed by atoms with Gasteiger partial charge in [-0.1, -0.05) is 24.3 Å². The quantitative estimate of drug-likeness (QED) is 0.702. The fraction of sp³-hybridized carbons (Fsp3) is 0.0909. The van der Waals surface area contributed by atoms with Gasteiger partial charge in [0.05, 0.1) is 4.60 Å². The monoisotopic (exact) mass is 235 g/mol. The van der Waals surface area contributed by atoms with Crippen LogP contribution in [0.4, 0.5) is 0 Å². The van der Waals surface area contributed by atoms with Crippen LogP contribution in [-0.4, -0.2) is 4.57 Å².